The lowest BCUT2D eigenvalue weighted by molar-refractivity contribution is -0.146. The lowest BCUT2D eigenvalue weighted by atomic mass is 9.77. The molecule has 7 nitrogen and oxygen atoms in total. The Morgan fingerprint density at radius 3 is 2.35 bits per heavy atom. The second-order valence-corrected chi connectivity index (χ2v) is 4.99. The molecule has 20 heavy (non-hydrogen) atoms. The van der Waals surface area contributed by atoms with Crippen molar-refractivity contribution in [3.05, 3.63) is 0 Å². The van der Waals surface area contributed by atoms with Crippen molar-refractivity contribution in [2.45, 2.75) is 50.2 Å². The Kier molecular flexibility index (Phi) is 5.94. The van der Waals surface area contributed by atoms with E-state index in [0.717, 1.165) is 19.3 Å². The Balaban J connectivity index is 2.46. The highest BCUT2D eigenvalue weighted by molar-refractivity contribution is 5.84. The number of aliphatic carboxylic acids is 1. The first kappa shape index (κ1) is 16.4. The maximum absolute atomic E-state index is 11.9. The van der Waals surface area contributed by atoms with E-state index in [4.69, 9.17) is 9.84 Å². The minimum absolute atomic E-state index is 0.00767. The van der Waals surface area contributed by atoms with Gasteiger partial charge in [-0.1, -0.05) is 0 Å². The molecule has 1 aliphatic rings. The molecule has 0 aromatic carbocycles. The monoisotopic (exact) mass is 287 g/mol. The van der Waals surface area contributed by atoms with Gasteiger partial charge in [0.2, 0.25) is 5.91 Å². The smallest absolute Gasteiger partial charge is 0.326 e. The number of ether oxygens (including phenoxy) is 2. The van der Waals surface area contributed by atoms with Gasteiger partial charge >= 0.3 is 11.9 Å². The Morgan fingerprint density at radius 2 is 1.95 bits per heavy atom. The maximum Gasteiger partial charge on any atom is 0.326 e. The molecule has 0 aromatic heterocycles. The SMILES string of the molecule is COC(=O)CCC(NC(=O)CC1(OC)CCC1)C(=O)O. The van der Waals surface area contributed by atoms with Gasteiger partial charge in [0.15, 0.2) is 0 Å². The van der Waals surface area contributed by atoms with Crippen molar-refractivity contribution >= 4 is 17.8 Å². The number of rotatable bonds is 8. The molecule has 0 spiro atoms. The third-order valence-electron chi connectivity index (χ3n) is 3.68. The van der Waals surface area contributed by atoms with Gasteiger partial charge in [-0.05, 0) is 25.7 Å². The zero-order chi connectivity index (χ0) is 15.2. The van der Waals surface area contributed by atoms with Crippen LogP contribution in [-0.4, -0.2) is 48.8 Å². The standard InChI is InChI=1S/C13H21NO6/c1-19-11(16)5-4-9(12(17)18)14-10(15)8-13(20-2)6-3-7-13/h9H,3-8H2,1-2H3,(H,14,15)(H,17,18). The first-order chi connectivity index (χ1) is 9.42. The molecular weight excluding hydrogens is 266 g/mol. The van der Waals surface area contributed by atoms with Crippen LogP contribution in [0.1, 0.15) is 38.5 Å². The van der Waals surface area contributed by atoms with Gasteiger partial charge in [-0.25, -0.2) is 4.79 Å². The van der Waals surface area contributed by atoms with E-state index in [1.165, 1.54) is 7.11 Å². The van der Waals surface area contributed by atoms with Crippen LogP contribution in [0.2, 0.25) is 0 Å². The average Bonchev–Trinajstić information content (AvgIpc) is 2.37. The third kappa shape index (κ3) is 4.48. The molecule has 1 amide bonds. The molecule has 1 rings (SSSR count). The number of carboxylic acids is 1. The van der Waals surface area contributed by atoms with Crippen LogP contribution >= 0.6 is 0 Å². The lowest BCUT2D eigenvalue weighted by Gasteiger charge is -2.40. The summed E-state index contributed by atoms with van der Waals surface area (Å²) in [5.74, 6) is -2.04. The number of hydrogen-bond acceptors (Lipinski definition) is 5. The quantitative estimate of drug-likeness (QED) is 0.629. The molecule has 0 aromatic rings. The van der Waals surface area contributed by atoms with E-state index in [1.807, 2.05) is 0 Å². The zero-order valence-corrected chi connectivity index (χ0v) is 11.8. The third-order valence-corrected chi connectivity index (χ3v) is 3.68. The summed E-state index contributed by atoms with van der Waals surface area (Å²) in [6.45, 7) is 0. The van der Waals surface area contributed by atoms with Crippen molar-refractivity contribution in [2.75, 3.05) is 14.2 Å². The van der Waals surface area contributed by atoms with Crippen LogP contribution in [0.5, 0.6) is 0 Å². The topological polar surface area (TPSA) is 102 Å². The number of carboxylic acid groups (broad SMARTS) is 1. The van der Waals surface area contributed by atoms with Crippen molar-refractivity contribution in [3.63, 3.8) is 0 Å². The number of hydrogen-bond donors (Lipinski definition) is 2. The Hall–Kier alpha value is -1.63. The fraction of sp³-hybridized carbons (Fsp3) is 0.769. The fourth-order valence-electron chi connectivity index (χ4n) is 2.18. The van der Waals surface area contributed by atoms with Crippen LogP contribution in [0.3, 0.4) is 0 Å². The van der Waals surface area contributed by atoms with E-state index in [-0.39, 0.29) is 25.2 Å². The van der Waals surface area contributed by atoms with Gasteiger partial charge < -0.3 is 19.9 Å². The van der Waals surface area contributed by atoms with Crippen LogP contribution in [0.25, 0.3) is 0 Å². The minimum Gasteiger partial charge on any atom is -0.480 e. The van der Waals surface area contributed by atoms with Gasteiger partial charge in [0.1, 0.15) is 6.04 Å². The summed E-state index contributed by atoms with van der Waals surface area (Å²) in [7, 11) is 2.79. The van der Waals surface area contributed by atoms with Crippen LogP contribution < -0.4 is 5.32 Å². The molecule has 1 fully saturated rings. The summed E-state index contributed by atoms with van der Waals surface area (Å²) in [6, 6.07) is -1.09. The number of carbonyl (C=O) groups is 3. The fourth-order valence-corrected chi connectivity index (χ4v) is 2.18. The Bertz CT molecular complexity index is 372. The summed E-state index contributed by atoms with van der Waals surface area (Å²) < 4.78 is 9.76. The normalized spacial score (nSPS) is 17.7. The van der Waals surface area contributed by atoms with E-state index in [0.29, 0.717) is 0 Å². The molecule has 0 bridgehead atoms. The minimum atomic E-state index is -1.16. The number of amides is 1. The van der Waals surface area contributed by atoms with E-state index in [1.54, 1.807) is 7.11 Å². The lowest BCUT2D eigenvalue weighted by Crippen LogP contribution is -2.47. The van der Waals surface area contributed by atoms with Crippen molar-refractivity contribution in [1.82, 2.24) is 5.32 Å². The molecule has 0 radical (unpaired) electrons. The zero-order valence-electron chi connectivity index (χ0n) is 11.8. The highest BCUT2D eigenvalue weighted by atomic mass is 16.5. The molecule has 1 aliphatic carbocycles. The first-order valence-electron chi connectivity index (χ1n) is 6.56. The number of methoxy groups -OCH3 is 2. The van der Waals surface area contributed by atoms with Gasteiger partial charge in [-0.2, -0.15) is 0 Å². The van der Waals surface area contributed by atoms with Crippen molar-refractivity contribution in [1.29, 1.82) is 0 Å². The predicted octanol–water partition coefficient (Wildman–Crippen LogP) is 0.468. The summed E-state index contributed by atoms with van der Waals surface area (Å²) >= 11 is 0. The predicted molar refractivity (Wildman–Crippen MR) is 69.0 cm³/mol. The van der Waals surface area contributed by atoms with E-state index in [9.17, 15) is 14.4 Å². The highest BCUT2D eigenvalue weighted by Gasteiger charge is 2.39. The molecule has 7 heteroatoms. The molecule has 0 saturated heterocycles. The van der Waals surface area contributed by atoms with E-state index >= 15 is 0 Å². The van der Waals surface area contributed by atoms with E-state index < -0.39 is 23.6 Å². The van der Waals surface area contributed by atoms with Gasteiger partial charge in [0, 0.05) is 13.5 Å². The van der Waals surface area contributed by atoms with Gasteiger partial charge in [0.25, 0.3) is 0 Å². The molecule has 0 aliphatic heterocycles. The van der Waals surface area contributed by atoms with Gasteiger partial charge in [0.05, 0.1) is 19.1 Å². The molecular formula is C13H21NO6. The highest BCUT2D eigenvalue weighted by Crippen LogP contribution is 2.37. The molecule has 1 atom stereocenters. The van der Waals surface area contributed by atoms with Crippen LogP contribution in [0.4, 0.5) is 0 Å². The molecule has 1 unspecified atom stereocenters. The molecule has 2 N–H and O–H groups in total. The second kappa shape index (κ2) is 7.23. The first-order valence-corrected chi connectivity index (χ1v) is 6.56. The largest absolute Gasteiger partial charge is 0.480 e. The van der Waals surface area contributed by atoms with Gasteiger partial charge in [-0.3, -0.25) is 9.59 Å². The summed E-state index contributed by atoms with van der Waals surface area (Å²) in [5.41, 5.74) is -0.449. The van der Waals surface area contributed by atoms with Crippen LogP contribution in [-0.2, 0) is 23.9 Å². The number of carbonyl (C=O) groups excluding carboxylic acids is 2. The average molecular weight is 287 g/mol. The van der Waals surface area contributed by atoms with Crippen molar-refractivity contribution in [2.24, 2.45) is 0 Å². The maximum atomic E-state index is 11.9. The van der Waals surface area contributed by atoms with Crippen molar-refractivity contribution in [3.8, 4) is 0 Å². The Labute approximate surface area is 117 Å². The molecule has 0 heterocycles. The second-order valence-electron chi connectivity index (χ2n) is 4.99. The summed E-state index contributed by atoms with van der Waals surface area (Å²) in [5, 5.41) is 11.5. The number of esters is 1. The number of nitrogens with one attached hydrogen (secondary N) is 1. The molecule has 114 valence electrons. The summed E-state index contributed by atoms with van der Waals surface area (Å²) in [6.07, 6.45) is 2.71. The molecule has 1 saturated carbocycles. The van der Waals surface area contributed by atoms with Crippen molar-refractivity contribution < 1.29 is 29.0 Å². The van der Waals surface area contributed by atoms with Gasteiger partial charge in [-0.15, -0.1) is 0 Å². The Morgan fingerprint density at radius 1 is 1.30 bits per heavy atom. The van der Waals surface area contributed by atoms with E-state index in [2.05, 4.69) is 10.1 Å². The van der Waals surface area contributed by atoms with Crippen LogP contribution in [0, 0.1) is 0 Å². The van der Waals surface area contributed by atoms with Crippen LogP contribution in [0.15, 0.2) is 0 Å². The summed E-state index contributed by atoms with van der Waals surface area (Å²) in [4.78, 5) is 33.9.